The van der Waals surface area contributed by atoms with Gasteiger partial charge in [0.15, 0.2) is 5.78 Å². The second-order valence-electron chi connectivity index (χ2n) is 6.36. The number of ether oxygens (including phenoxy) is 2. The first kappa shape index (κ1) is 20.9. The van der Waals surface area contributed by atoms with E-state index in [0.29, 0.717) is 27.6 Å². The lowest BCUT2D eigenvalue weighted by molar-refractivity contribution is -0.117. The Kier molecular flexibility index (Phi) is 6.96. The number of amides is 1. The molecule has 27 heavy (non-hydrogen) atoms. The van der Waals surface area contributed by atoms with Gasteiger partial charge < -0.3 is 14.8 Å². The van der Waals surface area contributed by atoms with Crippen LogP contribution in [0.2, 0.25) is 5.02 Å². The van der Waals surface area contributed by atoms with Crippen molar-refractivity contribution in [1.29, 1.82) is 0 Å². The van der Waals surface area contributed by atoms with Gasteiger partial charge in [-0.3, -0.25) is 14.9 Å². The third-order valence-electron chi connectivity index (χ3n) is 4.04. The molecule has 144 valence electrons. The van der Waals surface area contributed by atoms with Crippen molar-refractivity contribution in [1.82, 2.24) is 5.32 Å². The first-order valence-corrected chi connectivity index (χ1v) is 8.72. The Hall–Kier alpha value is -2.41. The number of methoxy groups -OCH3 is 2. The third-order valence-corrected chi connectivity index (χ3v) is 4.29. The fourth-order valence-electron chi connectivity index (χ4n) is 2.26. The summed E-state index contributed by atoms with van der Waals surface area (Å²) in [6.45, 7) is 3.65. The Bertz CT molecular complexity index is 819. The van der Waals surface area contributed by atoms with E-state index in [-0.39, 0.29) is 18.2 Å². The second kappa shape index (κ2) is 8.99. The number of carbonyl (C=O) groups excluding carboxylic acids is 2. The van der Waals surface area contributed by atoms with E-state index in [1.165, 1.54) is 7.11 Å². The molecule has 0 saturated heterocycles. The van der Waals surface area contributed by atoms with Crippen molar-refractivity contribution in [2.75, 3.05) is 26.1 Å². The van der Waals surface area contributed by atoms with E-state index in [1.807, 2.05) is 13.8 Å². The van der Waals surface area contributed by atoms with Crippen LogP contribution in [0, 0.1) is 0 Å². The summed E-state index contributed by atoms with van der Waals surface area (Å²) < 4.78 is 10.4. The van der Waals surface area contributed by atoms with Crippen LogP contribution in [0.5, 0.6) is 5.75 Å². The van der Waals surface area contributed by atoms with Crippen LogP contribution in [0.1, 0.15) is 29.8 Å². The van der Waals surface area contributed by atoms with Crippen LogP contribution in [0.25, 0.3) is 0 Å². The van der Waals surface area contributed by atoms with Gasteiger partial charge in [-0.05, 0) is 56.3 Å². The number of hydrogen-bond donors (Lipinski definition) is 2. The molecular weight excluding hydrogens is 368 g/mol. The molecule has 0 aliphatic heterocycles. The van der Waals surface area contributed by atoms with E-state index in [2.05, 4.69) is 10.6 Å². The van der Waals surface area contributed by atoms with Crippen LogP contribution in [0.3, 0.4) is 0 Å². The first-order valence-electron chi connectivity index (χ1n) is 8.34. The third kappa shape index (κ3) is 5.79. The Balaban J connectivity index is 2.25. The van der Waals surface area contributed by atoms with Gasteiger partial charge in [-0.25, -0.2) is 0 Å². The average Bonchev–Trinajstić information content (AvgIpc) is 2.67. The molecule has 2 aromatic carbocycles. The molecule has 0 aliphatic carbocycles. The molecule has 0 bridgehead atoms. The summed E-state index contributed by atoms with van der Waals surface area (Å²) in [5.41, 5.74) is 0.551. The topological polar surface area (TPSA) is 76.7 Å². The van der Waals surface area contributed by atoms with Gasteiger partial charge in [0, 0.05) is 23.3 Å². The van der Waals surface area contributed by atoms with Crippen LogP contribution < -0.4 is 15.4 Å². The van der Waals surface area contributed by atoms with Gasteiger partial charge in [-0.2, -0.15) is 0 Å². The summed E-state index contributed by atoms with van der Waals surface area (Å²) in [5, 5.41) is 6.28. The van der Waals surface area contributed by atoms with Crippen molar-refractivity contribution in [2.45, 2.75) is 19.6 Å². The number of benzene rings is 2. The highest BCUT2D eigenvalue weighted by Crippen LogP contribution is 2.25. The number of anilines is 1. The zero-order valence-electron chi connectivity index (χ0n) is 15.8. The summed E-state index contributed by atoms with van der Waals surface area (Å²) in [7, 11) is 3.07. The van der Waals surface area contributed by atoms with Gasteiger partial charge in [0.1, 0.15) is 11.5 Å². The molecule has 0 aromatic heterocycles. The number of rotatable bonds is 8. The van der Waals surface area contributed by atoms with E-state index in [1.54, 1.807) is 49.6 Å². The maximum absolute atomic E-state index is 12.9. The molecule has 0 radical (unpaired) electrons. The Morgan fingerprint density at radius 3 is 2.33 bits per heavy atom. The molecule has 2 N–H and O–H groups in total. The molecule has 0 atom stereocenters. The predicted octanol–water partition coefficient (Wildman–Crippen LogP) is 3.49. The Morgan fingerprint density at radius 2 is 1.74 bits per heavy atom. The van der Waals surface area contributed by atoms with Gasteiger partial charge in [-0.15, -0.1) is 0 Å². The lowest BCUT2D eigenvalue weighted by Gasteiger charge is -2.24. The number of carbonyl (C=O) groups is 2. The SMILES string of the molecule is COc1ccc(NC(=O)CNC(C)(C)OC)c(C(=O)c2ccc(Cl)cc2)c1. The van der Waals surface area contributed by atoms with Gasteiger partial charge >= 0.3 is 0 Å². The highest BCUT2D eigenvalue weighted by atomic mass is 35.5. The minimum Gasteiger partial charge on any atom is -0.497 e. The van der Waals surface area contributed by atoms with Crippen molar-refractivity contribution in [2.24, 2.45) is 0 Å². The number of halogens is 1. The molecule has 2 rings (SSSR count). The molecular formula is C20H23ClN2O4. The fourth-order valence-corrected chi connectivity index (χ4v) is 2.39. The molecule has 0 fully saturated rings. The lowest BCUT2D eigenvalue weighted by Crippen LogP contribution is -2.45. The van der Waals surface area contributed by atoms with Crippen molar-refractivity contribution in [3.05, 3.63) is 58.6 Å². The maximum Gasteiger partial charge on any atom is 0.238 e. The van der Waals surface area contributed by atoms with E-state index >= 15 is 0 Å². The van der Waals surface area contributed by atoms with Crippen molar-refractivity contribution >= 4 is 29.0 Å². The molecule has 1 amide bonds. The summed E-state index contributed by atoms with van der Waals surface area (Å²) in [5.74, 6) is -0.0227. The Labute approximate surface area is 163 Å². The van der Waals surface area contributed by atoms with E-state index < -0.39 is 5.72 Å². The van der Waals surface area contributed by atoms with Crippen LogP contribution >= 0.6 is 11.6 Å². The number of hydrogen-bond acceptors (Lipinski definition) is 5. The number of nitrogens with one attached hydrogen (secondary N) is 2. The monoisotopic (exact) mass is 390 g/mol. The summed E-state index contributed by atoms with van der Waals surface area (Å²) >= 11 is 5.89. The Morgan fingerprint density at radius 1 is 1.07 bits per heavy atom. The maximum atomic E-state index is 12.9. The van der Waals surface area contributed by atoms with Crippen LogP contribution in [0.4, 0.5) is 5.69 Å². The summed E-state index contributed by atoms with van der Waals surface area (Å²) in [6.07, 6.45) is 0. The smallest absolute Gasteiger partial charge is 0.238 e. The van der Waals surface area contributed by atoms with E-state index in [4.69, 9.17) is 21.1 Å². The standard InChI is InChI=1S/C20H23ClN2O4/c1-20(2,27-4)22-12-18(24)23-17-10-9-15(26-3)11-16(17)19(25)13-5-7-14(21)8-6-13/h5-11,22H,12H2,1-4H3,(H,23,24). The van der Waals surface area contributed by atoms with Gasteiger partial charge in [-0.1, -0.05) is 11.6 Å². The highest BCUT2D eigenvalue weighted by Gasteiger charge is 2.19. The zero-order chi connectivity index (χ0) is 20.0. The van der Waals surface area contributed by atoms with Crippen LogP contribution in [0.15, 0.2) is 42.5 Å². The van der Waals surface area contributed by atoms with Gasteiger partial charge in [0.2, 0.25) is 5.91 Å². The quantitative estimate of drug-likeness (QED) is 0.533. The molecule has 0 unspecified atom stereocenters. The minimum absolute atomic E-state index is 0.0292. The highest BCUT2D eigenvalue weighted by molar-refractivity contribution is 6.30. The molecule has 7 heteroatoms. The van der Waals surface area contributed by atoms with Crippen molar-refractivity contribution in [3.63, 3.8) is 0 Å². The molecule has 0 spiro atoms. The van der Waals surface area contributed by atoms with E-state index in [0.717, 1.165) is 0 Å². The van der Waals surface area contributed by atoms with Crippen LogP contribution in [-0.4, -0.2) is 38.2 Å². The van der Waals surface area contributed by atoms with Gasteiger partial charge in [0.25, 0.3) is 0 Å². The minimum atomic E-state index is -0.640. The van der Waals surface area contributed by atoms with Crippen molar-refractivity contribution in [3.8, 4) is 5.75 Å². The molecule has 0 saturated carbocycles. The molecule has 0 aliphatic rings. The van der Waals surface area contributed by atoms with Gasteiger partial charge in [0.05, 0.1) is 19.3 Å². The molecule has 6 nitrogen and oxygen atoms in total. The fraction of sp³-hybridized carbons (Fsp3) is 0.300. The zero-order valence-corrected chi connectivity index (χ0v) is 16.5. The molecule has 0 heterocycles. The largest absolute Gasteiger partial charge is 0.497 e. The summed E-state index contributed by atoms with van der Waals surface area (Å²) in [4.78, 5) is 25.2. The number of ketones is 1. The van der Waals surface area contributed by atoms with Crippen LogP contribution in [-0.2, 0) is 9.53 Å². The average molecular weight is 391 g/mol. The summed E-state index contributed by atoms with van der Waals surface area (Å²) in [6, 6.07) is 11.5. The first-order chi connectivity index (χ1) is 12.8. The lowest BCUT2D eigenvalue weighted by atomic mass is 10.0. The van der Waals surface area contributed by atoms with Crippen molar-refractivity contribution < 1.29 is 19.1 Å². The molecule has 2 aromatic rings. The second-order valence-corrected chi connectivity index (χ2v) is 6.80. The predicted molar refractivity (Wildman–Crippen MR) is 106 cm³/mol. The van der Waals surface area contributed by atoms with E-state index in [9.17, 15) is 9.59 Å². The normalized spacial score (nSPS) is 11.1.